The monoisotopic (exact) mass is 257 g/mol. The van der Waals surface area contributed by atoms with Crippen molar-refractivity contribution in [3.05, 3.63) is 48.2 Å². The molecule has 0 saturated heterocycles. The van der Waals surface area contributed by atoms with E-state index in [0.29, 0.717) is 12.3 Å². The summed E-state index contributed by atoms with van der Waals surface area (Å²) in [6.07, 6.45) is 0. The molecule has 1 aromatic carbocycles. The van der Waals surface area contributed by atoms with Crippen molar-refractivity contribution < 1.29 is 9.53 Å². The molecule has 0 bridgehead atoms. The summed E-state index contributed by atoms with van der Waals surface area (Å²) in [7, 11) is 0. The van der Waals surface area contributed by atoms with Gasteiger partial charge in [-0.15, -0.1) is 0 Å². The summed E-state index contributed by atoms with van der Waals surface area (Å²) in [5, 5.41) is 0. The Labute approximate surface area is 111 Å². The summed E-state index contributed by atoms with van der Waals surface area (Å²) < 4.78 is 5.38. The number of carbonyl (C=O) groups excluding carboxylic acids is 1. The number of aromatic nitrogens is 1. The number of hydrogen-bond donors (Lipinski definition) is 2. The number of benzene rings is 1. The lowest BCUT2D eigenvalue weighted by molar-refractivity contribution is 0.0949. The summed E-state index contributed by atoms with van der Waals surface area (Å²) in [6.45, 7) is 2.56. The van der Waals surface area contributed by atoms with Gasteiger partial charge in [-0.3, -0.25) is 10.2 Å². The molecule has 5 heteroatoms. The minimum absolute atomic E-state index is 0.286. The van der Waals surface area contributed by atoms with Crippen LogP contribution in [-0.2, 0) is 0 Å². The van der Waals surface area contributed by atoms with Gasteiger partial charge < -0.3 is 4.74 Å². The van der Waals surface area contributed by atoms with Gasteiger partial charge in [-0.05, 0) is 43.3 Å². The van der Waals surface area contributed by atoms with Crippen LogP contribution >= 0.6 is 0 Å². The van der Waals surface area contributed by atoms with E-state index >= 15 is 0 Å². The van der Waals surface area contributed by atoms with Crippen molar-refractivity contribution >= 4 is 5.91 Å². The Morgan fingerprint density at radius 2 is 2.00 bits per heavy atom. The molecule has 0 aliphatic rings. The van der Waals surface area contributed by atoms with Gasteiger partial charge in [-0.25, -0.2) is 10.8 Å². The van der Waals surface area contributed by atoms with E-state index in [1.54, 1.807) is 12.1 Å². The van der Waals surface area contributed by atoms with Crippen molar-refractivity contribution in [2.75, 3.05) is 6.61 Å². The number of carbonyl (C=O) groups is 1. The average molecular weight is 257 g/mol. The second-order valence-corrected chi connectivity index (χ2v) is 3.84. The van der Waals surface area contributed by atoms with E-state index in [2.05, 4.69) is 10.4 Å². The second kappa shape index (κ2) is 5.97. The van der Waals surface area contributed by atoms with E-state index in [-0.39, 0.29) is 5.69 Å². The lowest BCUT2D eigenvalue weighted by Crippen LogP contribution is -2.30. The molecule has 19 heavy (non-hydrogen) atoms. The van der Waals surface area contributed by atoms with Crippen molar-refractivity contribution in [3.63, 3.8) is 0 Å². The highest BCUT2D eigenvalue weighted by atomic mass is 16.5. The van der Waals surface area contributed by atoms with Crippen LogP contribution in [0.25, 0.3) is 11.3 Å². The van der Waals surface area contributed by atoms with Gasteiger partial charge in [0.2, 0.25) is 0 Å². The number of hydrogen-bond acceptors (Lipinski definition) is 4. The van der Waals surface area contributed by atoms with Crippen molar-refractivity contribution in [2.24, 2.45) is 5.84 Å². The molecule has 3 N–H and O–H groups in total. The van der Waals surface area contributed by atoms with Gasteiger partial charge in [0.25, 0.3) is 5.91 Å². The third-order valence-corrected chi connectivity index (χ3v) is 2.57. The van der Waals surface area contributed by atoms with Crippen LogP contribution in [-0.4, -0.2) is 17.5 Å². The number of amides is 1. The van der Waals surface area contributed by atoms with E-state index in [9.17, 15) is 4.79 Å². The van der Waals surface area contributed by atoms with Gasteiger partial charge in [0.05, 0.1) is 12.3 Å². The van der Waals surface area contributed by atoms with E-state index < -0.39 is 5.91 Å². The first-order valence-corrected chi connectivity index (χ1v) is 5.96. The first-order valence-electron chi connectivity index (χ1n) is 5.96. The van der Waals surface area contributed by atoms with Crippen LogP contribution in [0.4, 0.5) is 0 Å². The minimum atomic E-state index is -0.409. The Morgan fingerprint density at radius 1 is 1.26 bits per heavy atom. The number of pyridine rings is 1. The van der Waals surface area contributed by atoms with Gasteiger partial charge >= 0.3 is 0 Å². The third-order valence-electron chi connectivity index (χ3n) is 2.57. The predicted molar refractivity (Wildman–Crippen MR) is 72.5 cm³/mol. The maximum Gasteiger partial charge on any atom is 0.283 e. The number of nitrogens with zero attached hydrogens (tertiary/aromatic N) is 1. The predicted octanol–water partition coefficient (Wildman–Crippen LogP) is 1.75. The van der Waals surface area contributed by atoms with Crippen LogP contribution in [0.1, 0.15) is 17.4 Å². The second-order valence-electron chi connectivity index (χ2n) is 3.84. The fourth-order valence-corrected chi connectivity index (χ4v) is 1.68. The largest absolute Gasteiger partial charge is 0.494 e. The third kappa shape index (κ3) is 3.08. The highest BCUT2D eigenvalue weighted by Gasteiger charge is 2.07. The molecule has 0 spiro atoms. The summed E-state index contributed by atoms with van der Waals surface area (Å²) in [6, 6.07) is 12.8. The lowest BCUT2D eigenvalue weighted by atomic mass is 10.1. The first kappa shape index (κ1) is 13.0. The molecule has 0 saturated carbocycles. The standard InChI is InChI=1S/C14H15N3O2/c1-2-19-11-8-6-10(7-9-11)12-4-3-5-13(16-12)14(18)17-15/h3-9H,2,15H2,1H3,(H,17,18). The maximum atomic E-state index is 11.4. The Bertz CT molecular complexity index is 567. The maximum absolute atomic E-state index is 11.4. The number of hydrazine groups is 1. The Balaban J connectivity index is 2.28. The smallest absolute Gasteiger partial charge is 0.283 e. The van der Waals surface area contributed by atoms with Crippen LogP contribution in [0.5, 0.6) is 5.75 Å². The van der Waals surface area contributed by atoms with Gasteiger partial charge in [0, 0.05) is 5.56 Å². The molecule has 1 amide bonds. The summed E-state index contributed by atoms with van der Waals surface area (Å²) in [5.74, 6) is 5.49. The number of ether oxygens (including phenoxy) is 1. The van der Waals surface area contributed by atoms with Gasteiger partial charge in [-0.1, -0.05) is 6.07 Å². The van der Waals surface area contributed by atoms with Crippen LogP contribution in [0.15, 0.2) is 42.5 Å². The zero-order valence-electron chi connectivity index (χ0n) is 10.6. The van der Waals surface area contributed by atoms with Crippen LogP contribution in [0.3, 0.4) is 0 Å². The summed E-state index contributed by atoms with van der Waals surface area (Å²) in [5.41, 5.74) is 3.97. The first-order chi connectivity index (χ1) is 9.24. The summed E-state index contributed by atoms with van der Waals surface area (Å²) in [4.78, 5) is 15.7. The number of nitrogens with two attached hydrogens (primary N) is 1. The van der Waals surface area contributed by atoms with E-state index in [0.717, 1.165) is 11.3 Å². The Hall–Kier alpha value is -2.40. The molecule has 0 fully saturated rings. The topological polar surface area (TPSA) is 77.2 Å². The molecule has 2 rings (SSSR count). The molecule has 0 unspecified atom stereocenters. The Kier molecular flexibility index (Phi) is 4.10. The normalized spacial score (nSPS) is 10.0. The molecule has 5 nitrogen and oxygen atoms in total. The molecule has 98 valence electrons. The highest BCUT2D eigenvalue weighted by molar-refractivity contribution is 5.92. The van der Waals surface area contributed by atoms with Crippen molar-refractivity contribution in [3.8, 4) is 17.0 Å². The molecular weight excluding hydrogens is 242 g/mol. The van der Waals surface area contributed by atoms with Gasteiger partial charge in [-0.2, -0.15) is 0 Å². The number of nitrogens with one attached hydrogen (secondary N) is 1. The van der Waals surface area contributed by atoms with Gasteiger partial charge in [0.15, 0.2) is 0 Å². The lowest BCUT2D eigenvalue weighted by Gasteiger charge is -2.06. The zero-order valence-corrected chi connectivity index (χ0v) is 10.6. The molecule has 0 aliphatic carbocycles. The molecule has 0 aliphatic heterocycles. The van der Waals surface area contributed by atoms with Crippen molar-refractivity contribution in [1.29, 1.82) is 0 Å². The van der Waals surface area contributed by atoms with E-state index in [4.69, 9.17) is 10.6 Å². The minimum Gasteiger partial charge on any atom is -0.494 e. The quantitative estimate of drug-likeness (QED) is 0.497. The number of nitrogen functional groups attached to an aromatic ring is 1. The molecule has 1 heterocycles. The Morgan fingerprint density at radius 3 is 2.63 bits per heavy atom. The fraction of sp³-hybridized carbons (Fsp3) is 0.143. The number of rotatable bonds is 4. The fourth-order valence-electron chi connectivity index (χ4n) is 1.68. The SMILES string of the molecule is CCOc1ccc(-c2cccc(C(=O)NN)n2)cc1. The highest BCUT2D eigenvalue weighted by Crippen LogP contribution is 2.21. The molecule has 1 aromatic heterocycles. The molecule has 0 radical (unpaired) electrons. The molecular formula is C14H15N3O2. The van der Waals surface area contributed by atoms with Crippen molar-refractivity contribution in [2.45, 2.75) is 6.92 Å². The molecule has 0 atom stereocenters. The summed E-state index contributed by atoms with van der Waals surface area (Å²) >= 11 is 0. The molecule has 2 aromatic rings. The van der Waals surface area contributed by atoms with Crippen LogP contribution < -0.4 is 16.0 Å². The van der Waals surface area contributed by atoms with E-state index in [1.165, 1.54) is 0 Å². The van der Waals surface area contributed by atoms with Crippen LogP contribution in [0, 0.1) is 0 Å². The average Bonchev–Trinajstić information content (AvgIpc) is 2.48. The van der Waals surface area contributed by atoms with Crippen molar-refractivity contribution in [1.82, 2.24) is 10.4 Å². The zero-order chi connectivity index (χ0) is 13.7. The van der Waals surface area contributed by atoms with Crippen LogP contribution in [0.2, 0.25) is 0 Å². The van der Waals surface area contributed by atoms with E-state index in [1.807, 2.05) is 37.3 Å². The van der Waals surface area contributed by atoms with Gasteiger partial charge in [0.1, 0.15) is 11.4 Å².